The summed E-state index contributed by atoms with van der Waals surface area (Å²) in [5.74, 6) is 1.34. The fourth-order valence-corrected chi connectivity index (χ4v) is 3.52. The van der Waals surface area contributed by atoms with Gasteiger partial charge in [-0.15, -0.1) is 0 Å². The second kappa shape index (κ2) is 8.29. The van der Waals surface area contributed by atoms with Gasteiger partial charge in [0.25, 0.3) is 0 Å². The molecule has 2 atom stereocenters. The highest BCUT2D eigenvalue weighted by Crippen LogP contribution is 2.31. The summed E-state index contributed by atoms with van der Waals surface area (Å²) in [6, 6.07) is 2.30. The highest BCUT2D eigenvalue weighted by molar-refractivity contribution is 5.85. The maximum absolute atomic E-state index is 12.5. The smallest absolute Gasteiger partial charge is 0.240 e. The Morgan fingerprint density at radius 2 is 1.95 bits per heavy atom. The zero-order chi connectivity index (χ0) is 15.0. The van der Waals surface area contributed by atoms with E-state index >= 15 is 0 Å². The molecule has 1 amide bonds. The van der Waals surface area contributed by atoms with Gasteiger partial charge in [0, 0.05) is 6.54 Å². The van der Waals surface area contributed by atoms with Gasteiger partial charge in [-0.2, -0.15) is 5.26 Å². The highest BCUT2D eigenvalue weighted by atomic mass is 16.2. The summed E-state index contributed by atoms with van der Waals surface area (Å²) in [5, 5.41) is 12.6. The minimum Gasteiger partial charge on any atom is -0.354 e. The fourth-order valence-electron chi connectivity index (χ4n) is 3.52. The van der Waals surface area contributed by atoms with Crippen LogP contribution >= 0.6 is 0 Å². The lowest BCUT2D eigenvalue weighted by atomic mass is 9.79. The first-order valence-electron chi connectivity index (χ1n) is 8.27. The Bertz CT molecular complexity index is 339. The number of nitrogens with zero attached hydrogens (tertiary/aromatic N) is 1. The van der Waals surface area contributed by atoms with Gasteiger partial charge in [-0.05, 0) is 37.5 Å². The van der Waals surface area contributed by atoms with Crippen molar-refractivity contribution in [3.63, 3.8) is 0 Å². The number of hydrogen-bond donors (Lipinski definition) is 1. The van der Waals surface area contributed by atoms with Crippen LogP contribution < -0.4 is 5.32 Å². The summed E-state index contributed by atoms with van der Waals surface area (Å²) in [5.41, 5.74) is -0.802. The second-order valence-corrected chi connectivity index (χ2v) is 6.54. The van der Waals surface area contributed by atoms with Gasteiger partial charge in [-0.3, -0.25) is 4.79 Å². The molecule has 3 heteroatoms. The molecule has 0 aromatic rings. The Balaban J connectivity index is 2.55. The molecule has 114 valence electrons. The third-order valence-corrected chi connectivity index (χ3v) is 4.60. The Morgan fingerprint density at radius 3 is 2.45 bits per heavy atom. The van der Waals surface area contributed by atoms with Crippen molar-refractivity contribution in [2.45, 2.75) is 72.1 Å². The minimum absolute atomic E-state index is 0.0399. The molecule has 0 aromatic carbocycles. The van der Waals surface area contributed by atoms with Gasteiger partial charge in [0.05, 0.1) is 6.07 Å². The average molecular weight is 278 g/mol. The predicted octanol–water partition coefficient (Wildman–Crippen LogP) is 4.04. The molecule has 0 aromatic heterocycles. The van der Waals surface area contributed by atoms with Crippen molar-refractivity contribution >= 4 is 5.91 Å². The molecule has 0 saturated heterocycles. The normalized spacial score (nSPS) is 23.1. The van der Waals surface area contributed by atoms with Crippen LogP contribution in [0.4, 0.5) is 0 Å². The minimum atomic E-state index is -0.802. The summed E-state index contributed by atoms with van der Waals surface area (Å²) in [6.45, 7) is 7.12. The number of nitriles is 1. The maximum Gasteiger partial charge on any atom is 0.240 e. The van der Waals surface area contributed by atoms with E-state index in [2.05, 4.69) is 18.3 Å². The van der Waals surface area contributed by atoms with E-state index in [0.29, 0.717) is 18.8 Å². The number of carbonyl (C=O) groups is 1. The Kier molecular flexibility index (Phi) is 7.05. The molecule has 20 heavy (non-hydrogen) atoms. The van der Waals surface area contributed by atoms with Crippen molar-refractivity contribution in [2.75, 3.05) is 6.54 Å². The molecule has 0 spiro atoms. The summed E-state index contributed by atoms with van der Waals surface area (Å²) in [6.07, 6.45) is 8.11. The molecular formula is C17H30N2O. The quantitative estimate of drug-likeness (QED) is 0.764. The van der Waals surface area contributed by atoms with Gasteiger partial charge in [0.1, 0.15) is 5.41 Å². The van der Waals surface area contributed by atoms with Crippen LogP contribution in [0.2, 0.25) is 0 Å². The van der Waals surface area contributed by atoms with E-state index in [9.17, 15) is 10.1 Å². The van der Waals surface area contributed by atoms with Crippen LogP contribution in [0.3, 0.4) is 0 Å². The summed E-state index contributed by atoms with van der Waals surface area (Å²) in [4.78, 5) is 12.5. The lowest BCUT2D eigenvalue weighted by Crippen LogP contribution is -2.42. The predicted molar refractivity (Wildman–Crippen MR) is 82.0 cm³/mol. The zero-order valence-electron chi connectivity index (χ0n) is 13.4. The van der Waals surface area contributed by atoms with E-state index in [1.807, 2.05) is 13.8 Å². The number of hydrogen-bond acceptors (Lipinski definition) is 2. The molecule has 1 N–H and O–H groups in total. The van der Waals surface area contributed by atoms with E-state index in [0.717, 1.165) is 25.3 Å². The van der Waals surface area contributed by atoms with Crippen LogP contribution in [-0.4, -0.2) is 12.5 Å². The molecule has 1 aliphatic carbocycles. The van der Waals surface area contributed by atoms with Crippen molar-refractivity contribution in [2.24, 2.45) is 17.3 Å². The standard InChI is InChI=1S/C17H30N2O/c1-4-9-17(13-18,10-5-2)16(20)19-12-15-8-6-7-14(3)11-15/h14-15H,4-12H2,1-3H3,(H,19,20). The number of amides is 1. The summed E-state index contributed by atoms with van der Waals surface area (Å²) >= 11 is 0. The van der Waals surface area contributed by atoms with Gasteiger partial charge in [0.15, 0.2) is 0 Å². The molecule has 2 unspecified atom stereocenters. The van der Waals surface area contributed by atoms with Crippen LogP contribution in [0, 0.1) is 28.6 Å². The van der Waals surface area contributed by atoms with Crippen LogP contribution in [0.1, 0.15) is 72.1 Å². The zero-order valence-corrected chi connectivity index (χ0v) is 13.4. The monoisotopic (exact) mass is 278 g/mol. The van der Waals surface area contributed by atoms with Gasteiger partial charge in [-0.1, -0.05) is 46.5 Å². The van der Waals surface area contributed by atoms with Crippen LogP contribution in [0.5, 0.6) is 0 Å². The molecule has 0 aliphatic heterocycles. The molecule has 1 aliphatic rings. The van der Waals surface area contributed by atoms with Crippen molar-refractivity contribution < 1.29 is 4.79 Å². The Morgan fingerprint density at radius 1 is 1.30 bits per heavy atom. The lowest BCUT2D eigenvalue weighted by molar-refractivity contribution is -0.129. The Labute approximate surface area is 124 Å². The first-order chi connectivity index (χ1) is 9.57. The van der Waals surface area contributed by atoms with E-state index in [1.54, 1.807) is 0 Å². The van der Waals surface area contributed by atoms with Crippen molar-refractivity contribution in [3.05, 3.63) is 0 Å². The average Bonchev–Trinajstić information content (AvgIpc) is 2.44. The molecule has 0 heterocycles. The second-order valence-electron chi connectivity index (χ2n) is 6.54. The molecule has 0 bridgehead atoms. The topological polar surface area (TPSA) is 52.9 Å². The summed E-state index contributed by atoms with van der Waals surface area (Å²) < 4.78 is 0. The summed E-state index contributed by atoms with van der Waals surface area (Å²) in [7, 11) is 0. The number of nitrogens with one attached hydrogen (secondary N) is 1. The largest absolute Gasteiger partial charge is 0.354 e. The van der Waals surface area contributed by atoms with E-state index in [1.165, 1.54) is 25.7 Å². The van der Waals surface area contributed by atoms with Crippen LogP contribution in [0.15, 0.2) is 0 Å². The van der Waals surface area contributed by atoms with Gasteiger partial charge >= 0.3 is 0 Å². The molecule has 0 radical (unpaired) electrons. The van der Waals surface area contributed by atoms with Gasteiger partial charge in [0.2, 0.25) is 5.91 Å². The fraction of sp³-hybridized carbons (Fsp3) is 0.882. The highest BCUT2D eigenvalue weighted by Gasteiger charge is 2.37. The first-order valence-corrected chi connectivity index (χ1v) is 8.27. The van der Waals surface area contributed by atoms with Crippen molar-refractivity contribution in [1.29, 1.82) is 5.26 Å². The molecule has 3 nitrogen and oxygen atoms in total. The van der Waals surface area contributed by atoms with Crippen molar-refractivity contribution in [1.82, 2.24) is 5.32 Å². The first kappa shape index (κ1) is 17.0. The van der Waals surface area contributed by atoms with E-state index in [4.69, 9.17) is 0 Å². The number of carbonyl (C=O) groups excluding carboxylic acids is 1. The molecule has 1 saturated carbocycles. The maximum atomic E-state index is 12.5. The van der Waals surface area contributed by atoms with Gasteiger partial charge < -0.3 is 5.32 Å². The SMILES string of the molecule is CCCC(C#N)(CCC)C(=O)NCC1CCCC(C)C1. The molecule has 1 rings (SSSR count). The van der Waals surface area contributed by atoms with E-state index in [-0.39, 0.29) is 5.91 Å². The number of rotatable bonds is 7. The lowest BCUT2D eigenvalue weighted by Gasteiger charge is -2.29. The third-order valence-electron chi connectivity index (χ3n) is 4.60. The third kappa shape index (κ3) is 4.51. The molecule has 1 fully saturated rings. The molecular weight excluding hydrogens is 248 g/mol. The van der Waals surface area contributed by atoms with Crippen LogP contribution in [0.25, 0.3) is 0 Å². The van der Waals surface area contributed by atoms with Gasteiger partial charge in [-0.25, -0.2) is 0 Å². The Hall–Kier alpha value is -1.04. The van der Waals surface area contributed by atoms with E-state index < -0.39 is 5.41 Å². The van der Waals surface area contributed by atoms with Crippen LogP contribution in [-0.2, 0) is 4.79 Å². The van der Waals surface area contributed by atoms with Crippen molar-refractivity contribution in [3.8, 4) is 6.07 Å².